The van der Waals surface area contributed by atoms with E-state index in [4.69, 9.17) is 10.5 Å². The number of nitrogens with zero attached hydrogens (tertiary/aromatic N) is 5. The zero-order valence-corrected chi connectivity index (χ0v) is 19.5. The van der Waals surface area contributed by atoms with Gasteiger partial charge in [0.15, 0.2) is 0 Å². The summed E-state index contributed by atoms with van der Waals surface area (Å²) in [6.45, 7) is 5.67. The van der Waals surface area contributed by atoms with Gasteiger partial charge in [0.2, 0.25) is 11.8 Å². The molecule has 3 aromatic heterocycles. The van der Waals surface area contributed by atoms with Crippen LogP contribution in [0, 0.1) is 6.92 Å². The first-order chi connectivity index (χ1) is 16.9. The van der Waals surface area contributed by atoms with Crippen LogP contribution in [-0.4, -0.2) is 49.6 Å². The summed E-state index contributed by atoms with van der Waals surface area (Å²) in [7, 11) is 1.83. The van der Waals surface area contributed by atoms with Gasteiger partial charge in [0.05, 0.1) is 17.8 Å². The molecule has 1 aliphatic heterocycles. The molecule has 1 aromatic carbocycles. The maximum absolute atomic E-state index is 15.3. The number of fused-ring (bicyclic) bond motifs is 1. The first-order valence-electron chi connectivity index (χ1n) is 11.2. The largest absolute Gasteiger partial charge is 0.439 e. The summed E-state index contributed by atoms with van der Waals surface area (Å²) in [5.41, 5.74) is 10.0. The molecule has 1 saturated heterocycles. The Morgan fingerprint density at radius 2 is 1.97 bits per heavy atom. The number of hydrogen-bond acceptors (Lipinski definition) is 6. The first-order valence-corrected chi connectivity index (χ1v) is 11.2. The topological polar surface area (TPSA) is 99.2 Å². The maximum Gasteiger partial charge on any atom is 0.246 e. The van der Waals surface area contributed by atoms with Crippen molar-refractivity contribution in [2.45, 2.75) is 19.0 Å². The Balaban J connectivity index is 1.59. The molecule has 5 rings (SSSR count). The molecule has 1 fully saturated rings. The van der Waals surface area contributed by atoms with Crippen LogP contribution in [0.15, 0.2) is 61.4 Å². The molecule has 178 valence electrons. The Labute approximate surface area is 201 Å². The Hall–Kier alpha value is -4.27. The van der Waals surface area contributed by atoms with Crippen molar-refractivity contribution in [3.8, 4) is 22.8 Å². The van der Waals surface area contributed by atoms with Crippen molar-refractivity contribution in [2.24, 2.45) is 7.05 Å². The van der Waals surface area contributed by atoms with E-state index in [0.29, 0.717) is 34.2 Å². The highest BCUT2D eigenvalue weighted by molar-refractivity contribution is 6.02. The van der Waals surface area contributed by atoms with Gasteiger partial charge in [-0.05, 0) is 36.8 Å². The lowest BCUT2D eigenvalue weighted by Crippen LogP contribution is -2.27. The number of nitrogens with two attached hydrogens (primary N) is 1. The molecule has 1 amide bonds. The second kappa shape index (κ2) is 8.83. The van der Waals surface area contributed by atoms with Gasteiger partial charge in [-0.15, -0.1) is 0 Å². The number of likely N-dealkylation sites (tertiary alicyclic amines) is 1. The minimum atomic E-state index is -1.25. The van der Waals surface area contributed by atoms with Gasteiger partial charge in [-0.2, -0.15) is 0 Å². The molecule has 4 heterocycles. The molecule has 1 aliphatic rings. The van der Waals surface area contributed by atoms with E-state index in [1.165, 1.54) is 17.3 Å². The van der Waals surface area contributed by atoms with Gasteiger partial charge >= 0.3 is 0 Å². The number of anilines is 1. The van der Waals surface area contributed by atoms with E-state index in [1.807, 2.05) is 54.9 Å². The molecular weight excluding hydrogens is 447 g/mol. The molecule has 0 radical (unpaired) electrons. The molecule has 2 unspecified atom stereocenters. The monoisotopic (exact) mass is 472 g/mol. The number of aryl methyl sites for hydroxylation is 2. The van der Waals surface area contributed by atoms with E-state index in [2.05, 4.69) is 21.5 Å². The number of alkyl halides is 1. The number of pyridine rings is 1. The van der Waals surface area contributed by atoms with Gasteiger partial charge in [-0.3, -0.25) is 4.79 Å². The smallest absolute Gasteiger partial charge is 0.246 e. The van der Waals surface area contributed by atoms with Crippen molar-refractivity contribution < 1.29 is 13.9 Å². The number of nitrogen functional groups attached to an aromatic ring is 1. The fourth-order valence-corrected chi connectivity index (χ4v) is 4.74. The lowest BCUT2D eigenvalue weighted by Gasteiger charge is -2.17. The number of amides is 1. The quantitative estimate of drug-likeness (QED) is 0.438. The van der Waals surface area contributed by atoms with Crippen molar-refractivity contribution >= 4 is 22.8 Å². The summed E-state index contributed by atoms with van der Waals surface area (Å²) in [5.74, 6) is 0.578. The van der Waals surface area contributed by atoms with Crippen molar-refractivity contribution in [2.75, 3.05) is 18.8 Å². The van der Waals surface area contributed by atoms with Crippen LogP contribution in [-0.2, 0) is 11.8 Å². The second-order valence-corrected chi connectivity index (χ2v) is 8.59. The first kappa shape index (κ1) is 22.5. The third-order valence-electron chi connectivity index (χ3n) is 6.36. The van der Waals surface area contributed by atoms with Crippen molar-refractivity contribution in [1.82, 2.24) is 24.4 Å². The van der Waals surface area contributed by atoms with Gasteiger partial charge in [-0.1, -0.05) is 24.8 Å². The minimum Gasteiger partial charge on any atom is -0.439 e. The summed E-state index contributed by atoms with van der Waals surface area (Å²) in [6, 6.07) is 13.0. The average Bonchev–Trinajstić information content (AvgIpc) is 3.37. The molecule has 4 aromatic rings. The van der Waals surface area contributed by atoms with E-state index in [1.54, 1.807) is 6.07 Å². The highest BCUT2D eigenvalue weighted by Gasteiger charge is 2.39. The third-order valence-corrected chi connectivity index (χ3v) is 6.36. The molecule has 0 spiro atoms. The van der Waals surface area contributed by atoms with E-state index in [-0.39, 0.29) is 19.0 Å². The van der Waals surface area contributed by atoms with Crippen LogP contribution < -0.4 is 10.5 Å². The normalized spacial score (nSPS) is 17.6. The average molecular weight is 473 g/mol. The van der Waals surface area contributed by atoms with E-state index in [0.717, 1.165) is 16.8 Å². The molecule has 2 atom stereocenters. The van der Waals surface area contributed by atoms with Crippen LogP contribution in [0.4, 0.5) is 10.2 Å². The second-order valence-electron chi connectivity index (χ2n) is 8.59. The molecule has 0 aliphatic carbocycles. The number of hydrogen-bond donors (Lipinski definition) is 1. The lowest BCUT2D eigenvalue weighted by atomic mass is 9.93. The standard InChI is InChI=1S/C26H25FN6O2/c1-4-21(34)33-12-18(19(27)13-33)24-22(23-25(28)29-14-30-26(23)32(24)3)16-8-10-17(11-9-16)35-20-7-5-6-15(2)31-20/h4-11,14,18-19H,1,12-13H2,2-3H3,(H2,28,29,30). The van der Waals surface area contributed by atoms with Crippen LogP contribution in [0.2, 0.25) is 0 Å². The van der Waals surface area contributed by atoms with Crippen LogP contribution in [0.25, 0.3) is 22.2 Å². The van der Waals surface area contributed by atoms with Gasteiger partial charge in [-0.25, -0.2) is 19.3 Å². The predicted molar refractivity (Wildman–Crippen MR) is 132 cm³/mol. The van der Waals surface area contributed by atoms with Gasteiger partial charge in [0, 0.05) is 36.6 Å². The Kier molecular flexibility index (Phi) is 5.68. The summed E-state index contributed by atoms with van der Waals surface area (Å²) in [5, 5.41) is 0.653. The Bertz CT molecular complexity index is 1430. The van der Waals surface area contributed by atoms with E-state index < -0.39 is 12.1 Å². The minimum absolute atomic E-state index is 0.00785. The molecular formula is C26H25FN6O2. The summed E-state index contributed by atoms with van der Waals surface area (Å²) in [6.07, 6.45) is 1.36. The third kappa shape index (κ3) is 3.99. The lowest BCUT2D eigenvalue weighted by molar-refractivity contribution is -0.125. The van der Waals surface area contributed by atoms with Gasteiger partial charge in [0.1, 0.15) is 29.7 Å². The van der Waals surface area contributed by atoms with Gasteiger partial charge < -0.3 is 19.9 Å². The summed E-state index contributed by atoms with van der Waals surface area (Å²) < 4.78 is 23.1. The zero-order chi connectivity index (χ0) is 24.7. The molecule has 0 saturated carbocycles. The van der Waals surface area contributed by atoms with E-state index >= 15 is 4.39 Å². The molecule has 8 nitrogen and oxygen atoms in total. The molecule has 35 heavy (non-hydrogen) atoms. The fourth-order valence-electron chi connectivity index (χ4n) is 4.74. The molecule has 0 bridgehead atoms. The zero-order valence-electron chi connectivity index (χ0n) is 19.5. The molecule has 9 heteroatoms. The van der Waals surface area contributed by atoms with E-state index in [9.17, 15) is 4.79 Å². The highest BCUT2D eigenvalue weighted by atomic mass is 19.1. The SMILES string of the molecule is C=CC(=O)N1CC(F)C(c2c(-c3ccc(Oc4cccc(C)n4)cc3)c3c(N)ncnc3n2C)C1. The number of ether oxygens (including phenoxy) is 1. The van der Waals surface area contributed by atoms with Crippen molar-refractivity contribution in [3.05, 3.63) is 72.8 Å². The predicted octanol–water partition coefficient (Wildman–Crippen LogP) is 4.16. The summed E-state index contributed by atoms with van der Waals surface area (Å²) >= 11 is 0. The maximum atomic E-state index is 15.3. The number of rotatable bonds is 5. The molecule has 2 N–H and O–H groups in total. The van der Waals surface area contributed by atoms with Crippen LogP contribution in [0.3, 0.4) is 0 Å². The number of benzene rings is 1. The van der Waals surface area contributed by atoms with Gasteiger partial charge in [0.25, 0.3) is 0 Å². The van der Waals surface area contributed by atoms with Crippen LogP contribution in [0.1, 0.15) is 17.3 Å². The van der Waals surface area contributed by atoms with Crippen molar-refractivity contribution in [1.29, 1.82) is 0 Å². The van der Waals surface area contributed by atoms with Crippen LogP contribution >= 0.6 is 0 Å². The number of carbonyl (C=O) groups excluding carboxylic acids is 1. The number of halogens is 1. The van der Waals surface area contributed by atoms with Crippen LogP contribution in [0.5, 0.6) is 11.6 Å². The van der Waals surface area contributed by atoms with Crippen molar-refractivity contribution in [3.63, 3.8) is 0 Å². The fraction of sp³-hybridized carbons (Fsp3) is 0.231. The number of aromatic nitrogens is 4. The Morgan fingerprint density at radius 3 is 2.69 bits per heavy atom. The summed E-state index contributed by atoms with van der Waals surface area (Å²) in [4.78, 5) is 26.6. The highest BCUT2D eigenvalue weighted by Crippen LogP contribution is 2.43. The Morgan fingerprint density at radius 1 is 1.20 bits per heavy atom. The number of carbonyl (C=O) groups is 1.